The third-order valence-electron chi connectivity index (χ3n) is 3.54. The van der Waals surface area contributed by atoms with Crippen LogP contribution in [-0.2, 0) is 11.8 Å². The highest BCUT2D eigenvalue weighted by atomic mass is 16.5. The van der Waals surface area contributed by atoms with Gasteiger partial charge >= 0.3 is 0 Å². The number of nitrogens with two attached hydrogens (primary N) is 1. The van der Waals surface area contributed by atoms with E-state index in [0.717, 1.165) is 44.6 Å². The van der Waals surface area contributed by atoms with Gasteiger partial charge in [0.2, 0.25) is 0 Å². The predicted octanol–water partition coefficient (Wildman–Crippen LogP) is 0.921. The number of ether oxygens (including phenoxy) is 1. The van der Waals surface area contributed by atoms with E-state index in [-0.39, 0.29) is 6.04 Å². The third kappa shape index (κ3) is 3.54. The zero-order valence-electron chi connectivity index (χ0n) is 11.4. The number of hydrogen-bond acceptors (Lipinski definition) is 4. The van der Waals surface area contributed by atoms with Crippen LogP contribution in [0.1, 0.15) is 31.4 Å². The Bertz CT molecular complexity index is 358. The number of aromatic nitrogens is 2. The monoisotopic (exact) mass is 252 g/mol. The molecule has 0 aliphatic carbocycles. The van der Waals surface area contributed by atoms with Crippen molar-refractivity contribution in [1.82, 2.24) is 14.7 Å². The Morgan fingerprint density at radius 1 is 1.50 bits per heavy atom. The van der Waals surface area contributed by atoms with Crippen molar-refractivity contribution < 1.29 is 4.74 Å². The van der Waals surface area contributed by atoms with E-state index in [4.69, 9.17) is 10.5 Å². The largest absolute Gasteiger partial charge is 0.378 e. The Hall–Kier alpha value is -0.910. The number of hydrogen-bond donors (Lipinski definition) is 1. The maximum atomic E-state index is 6.21. The van der Waals surface area contributed by atoms with Gasteiger partial charge in [-0.3, -0.25) is 4.68 Å². The molecule has 0 aromatic carbocycles. The summed E-state index contributed by atoms with van der Waals surface area (Å²) < 4.78 is 7.45. The molecule has 1 unspecified atom stereocenters. The van der Waals surface area contributed by atoms with Crippen LogP contribution in [0.5, 0.6) is 0 Å². The lowest BCUT2D eigenvalue weighted by molar-refractivity contribution is 0.0131. The summed E-state index contributed by atoms with van der Waals surface area (Å²) in [5.41, 5.74) is 7.32. The molecule has 0 bridgehead atoms. The summed E-state index contributed by atoms with van der Waals surface area (Å²) in [6.07, 6.45) is 6.54. The summed E-state index contributed by atoms with van der Waals surface area (Å²) in [6.45, 7) is 5.95. The lowest BCUT2D eigenvalue weighted by atomic mass is 10.1. The van der Waals surface area contributed by atoms with E-state index < -0.39 is 0 Å². The number of nitrogens with zero attached hydrogens (tertiary/aromatic N) is 3. The topological polar surface area (TPSA) is 56.3 Å². The van der Waals surface area contributed by atoms with E-state index in [1.165, 1.54) is 0 Å². The maximum absolute atomic E-state index is 6.21. The summed E-state index contributed by atoms with van der Waals surface area (Å²) in [5, 5.41) is 4.17. The first-order valence-corrected chi connectivity index (χ1v) is 6.77. The molecule has 0 saturated carbocycles. The fraction of sp³-hybridized carbons (Fsp3) is 0.769. The van der Waals surface area contributed by atoms with Gasteiger partial charge in [-0.1, -0.05) is 0 Å². The second-order valence-electron chi connectivity index (χ2n) is 5.01. The second kappa shape index (κ2) is 6.31. The highest BCUT2D eigenvalue weighted by Crippen LogP contribution is 2.17. The summed E-state index contributed by atoms with van der Waals surface area (Å²) in [4.78, 5) is 2.42. The van der Waals surface area contributed by atoms with Crippen LogP contribution < -0.4 is 5.73 Å². The minimum absolute atomic E-state index is 0.0577. The van der Waals surface area contributed by atoms with E-state index in [0.29, 0.717) is 6.10 Å². The Kier molecular flexibility index (Phi) is 4.74. The predicted molar refractivity (Wildman–Crippen MR) is 71.2 cm³/mol. The van der Waals surface area contributed by atoms with Crippen LogP contribution in [0, 0.1) is 0 Å². The van der Waals surface area contributed by atoms with E-state index in [1.807, 2.05) is 19.4 Å². The van der Waals surface area contributed by atoms with Crippen molar-refractivity contribution in [3.05, 3.63) is 18.0 Å². The van der Waals surface area contributed by atoms with E-state index in [1.54, 1.807) is 4.68 Å². The third-order valence-corrected chi connectivity index (χ3v) is 3.54. The van der Waals surface area contributed by atoms with Crippen molar-refractivity contribution in [2.75, 3.05) is 26.2 Å². The zero-order valence-corrected chi connectivity index (χ0v) is 11.4. The van der Waals surface area contributed by atoms with Gasteiger partial charge in [-0.25, -0.2) is 0 Å². The number of likely N-dealkylation sites (tertiary alicyclic amines) is 1. The van der Waals surface area contributed by atoms with Crippen molar-refractivity contribution >= 4 is 0 Å². The smallest absolute Gasteiger partial charge is 0.0599 e. The SMILES string of the molecule is CCOC1CCN(CC(N)c2cnn(C)c2)CC1. The van der Waals surface area contributed by atoms with Gasteiger partial charge in [0.05, 0.1) is 12.3 Å². The van der Waals surface area contributed by atoms with Crippen LogP contribution in [0.4, 0.5) is 0 Å². The van der Waals surface area contributed by atoms with Crippen LogP contribution in [-0.4, -0.2) is 47.0 Å². The van der Waals surface area contributed by atoms with Gasteiger partial charge in [-0.15, -0.1) is 0 Å². The molecule has 0 amide bonds. The van der Waals surface area contributed by atoms with Gasteiger partial charge in [-0.05, 0) is 19.8 Å². The van der Waals surface area contributed by atoms with Crippen molar-refractivity contribution in [2.45, 2.75) is 31.9 Å². The molecule has 2 heterocycles. The summed E-state index contributed by atoms with van der Waals surface area (Å²) in [6, 6.07) is 0.0577. The highest BCUT2D eigenvalue weighted by molar-refractivity contribution is 5.10. The normalized spacial score (nSPS) is 20.2. The molecule has 1 fully saturated rings. The zero-order chi connectivity index (χ0) is 13.0. The number of aryl methyl sites for hydroxylation is 1. The molecule has 2 rings (SSSR count). The van der Waals surface area contributed by atoms with Crippen molar-refractivity contribution in [3.63, 3.8) is 0 Å². The maximum Gasteiger partial charge on any atom is 0.0599 e. The molecule has 1 saturated heterocycles. The molecule has 18 heavy (non-hydrogen) atoms. The van der Waals surface area contributed by atoms with Gasteiger partial charge in [0, 0.05) is 51.1 Å². The van der Waals surface area contributed by atoms with Crippen LogP contribution >= 0.6 is 0 Å². The molecule has 1 aromatic heterocycles. The molecule has 102 valence electrons. The second-order valence-corrected chi connectivity index (χ2v) is 5.01. The van der Waals surface area contributed by atoms with E-state index in [9.17, 15) is 0 Å². The molecule has 1 atom stereocenters. The molecule has 1 aromatic rings. The minimum atomic E-state index is 0.0577. The van der Waals surface area contributed by atoms with Gasteiger partial charge in [-0.2, -0.15) is 5.10 Å². The Labute approximate surface area is 109 Å². The number of rotatable bonds is 5. The Morgan fingerprint density at radius 2 is 2.22 bits per heavy atom. The summed E-state index contributed by atoms with van der Waals surface area (Å²) in [7, 11) is 1.92. The molecule has 5 nitrogen and oxygen atoms in total. The van der Waals surface area contributed by atoms with Gasteiger partial charge < -0.3 is 15.4 Å². The molecule has 0 spiro atoms. The first-order chi connectivity index (χ1) is 8.69. The fourth-order valence-electron chi connectivity index (χ4n) is 2.51. The van der Waals surface area contributed by atoms with E-state index in [2.05, 4.69) is 16.9 Å². The molecular weight excluding hydrogens is 228 g/mol. The van der Waals surface area contributed by atoms with Gasteiger partial charge in [0.15, 0.2) is 0 Å². The summed E-state index contributed by atoms with van der Waals surface area (Å²) >= 11 is 0. The van der Waals surface area contributed by atoms with Crippen LogP contribution in [0.15, 0.2) is 12.4 Å². The molecule has 2 N–H and O–H groups in total. The van der Waals surface area contributed by atoms with Crippen LogP contribution in [0.2, 0.25) is 0 Å². The molecule has 0 radical (unpaired) electrons. The Morgan fingerprint density at radius 3 is 2.78 bits per heavy atom. The molecular formula is C13H24N4O. The lowest BCUT2D eigenvalue weighted by Gasteiger charge is -2.33. The minimum Gasteiger partial charge on any atom is -0.378 e. The van der Waals surface area contributed by atoms with Crippen LogP contribution in [0.25, 0.3) is 0 Å². The lowest BCUT2D eigenvalue weighted by Crippen LogP contribution is -2.40. The first-order valence-electron chi connectivity index (χ1n) is 6.77. The average molecular weight is 252 g/mol. The summed E-state index contributed by atoms with van der Waals surface area (Å²) in [5.74, 6) is 0. The van der Waals surface area contributed by atoms with Gasteiger partial charge in [0.1, 0.15) is 0 Å². The van der Waals surface area contributed by atoms with E-state index >= 15 is 0 Å². The van der Waals surface area contributed by atoms with Crippen LogP contribution in [0.3, 0.4) is 0 Å². The average Bonchev–Trinajstić information content (AvgIpc) is 2.79. The standard InChI is InChI=1S/C13H24N4O/c1-3-18-12-4-6-17(7-5-12)10-13(14)11-8-15-16(2)9-11/h8-9,12-13H,3-7,10,14H2,1-2H3. The van der Waals surface area contributed by atoms with Crippen molar-refractivity contribution in [2.24, 2.45) is 12.8 Å². The molecule has 5 heteroatoms. The Balaban J connectivity index is 1.77. The molecule has 1 aliphatic heterocycles. The molecule has 1 aliphatic rings. The fourth-order valence-corrected chi connectivity index (χ4v) is 2.51. The first kappa shape index (κ1) is 13.5. The van der Waals surface area contributed by atoms with Gasteiger partial charge in [0.25, 0.3) is 0 Å². The number of piperidine rings is 1. The van der Waals surface area contributed by atoms with Crippen molar-refractivity contribution in [3.8, 4) is 0 Å². The quantitative estimate of drug-likeness (QED) is 0.846. The van der Waals surface area contributed by atoms with Crippen molar-refractivity contribution in [1.29, 1.82) is 0 Å². The highest BCUT2D eigenvalue weighted by Gasteiger charge is 2.21.